The minimum absolute atomic E-state index is 0. The van der Waals surface area contributed by atoms with Gasteiger partial charge in [-0.15, -0.1) is 0 Å². The minimum Gasteiger partial charge on any atom is -0.0305 e. The van der Waals surface area contributed by atoms with Gasteiger partial charge >= 0.3 is 138 Å². The fourth-order valence-electron chi connectivity index (χ4n) is 1.86. The molecule has 0 heterocycles. The van der Waals surface area contributed by atoms with E-state index in [0.29, 0.717) is 0 Å². The Bertz CT molecular complexity index is 365. The monoisotopic (exact) mass is 654 g/mol. The Hall–Kier alpha value is 0.0501. The molecule has 3 fully saturated rings. The molecular formula is C19H8O7Ru3+6. The Morgan fingerprint density at radius 2 is 0.517 bits per heavy atom. The smallest absolute Gasteiger partial charge is 0.0305 e. The fourth-order valence-corrected chi connectivity index (χ4v) is 1.86. The molecule has 0 aromatic heterocycles. The van der Waals surface area contributed by atoms with Crippen LogP contribution in [0.4, 0.5) is 0 Å². The van der Waals surface area contributed by atoms with E-state index in [-0.39, 0.29) is 58.4 Å². The van der Waals surface area contributed by atoms with Crippen molar-refractivity contribution in [2.24, 2.45) is 0 Å². The van der Waals surface area contributed by atoms with Gasteiger partial charge < -0.3 is 0 Å². The van der Waals surface area contributed by atoms with Gasteiger partial charge in [0.25, 0.3) is 0 Å². The summed E-state index contributed by atoms with van der Waals surface area (Å²) in [5.74, 6) is 5.45. The van der Waals surface area contributed by atoms with E-state index < -0.39 is 0 Å². The summed E-state index contributed by atoms with van der Waals surface area (Å²) >= 11 is 0. The fraction of sp³-hybridized carbons (Fsp3) is 0. The van der Waals surface area contributed by atoms with Crippen molar-refractivity contribution in [3.8, 4) is 0 Å². The summed E-state index contributed by atoms with van der Waals surface area (Å²) in [6, 6.07) is 0. The molecule has 10 heteroatoms. The van der Waals surface area contributed by atoms with Crippen LogP contribution >= 0.6 is 0 Å². The van der Waals surface area contributed by atoms with Crippen LogP contribution in [0.25, 0.3) is 0 Å². The topological polar surface area (TPSA) is 139 Å². The van der Waals surface area contributed by atoms with E-state index >= 15 is 0 Å². The molecule has 0 saturated heterocycles. The van der Waals surface area contributed by atoms with Crippen molar-refractivity contribution in [3.63, 3.8) is 0 Å². The van der Waals surface area contributed by atoms with Crippen LogP contribution in [0.15, 0.2) is 0 Å². The molecule has 3 rings (SSSR count). The SMILES string of the molecule is [C-]#[O+].[C-]#[O+].[C-]#[O+].[C-]#[O+].[C-]#[O+].[C-]#[O+].[C-]#[O+].[CH]1[CH][C]2[CH][CH][CH][C]3[CH][CH][C]([CH]1)[C]23.[Ru+2].[Ru+2].[Ru+2]. The van der Waals surface area contributed by atoms with E-state index in [9.17, 15) is 0 Å². The van der Waals surface area contributed by atoms with E-state index in [4.69, 9.17) is 32.6 Å². The number of rotatable bonds is 0. The van der Waals surface area contributed by atoms with E-state index in [1.807, 2.05) is 0 Å². The average molecular weight is 651 g/mol. The van der Waals surface area contributed by atoms with Crippen molar-refractivity contribution < 1.29 is 91.0 Å². The molecule has 29 heavy (non-hydrogen) atoms. The second kappa shape index (κ2) is 51.1. The molecule has 0 unspecified atom stereocenters. The van der Waals surface area contributed by atoms with Gasteiger partial charge in [-0.3, -0.25) is 0 Å². The van der Waals surface area contributed by atoms with E-state index in [1.54, 1.807) is 0 Å². The van der Waals surface area contributed by atoms with Crippen LogP contribution in [-0.4, -0.2) is 0 Å². The Morgan fingerprint density at radius 3 is 0.724 bits per heavy atom. The normalized spacial score (nSPS) is 14.6. The molecule has 3 aliphatic carbocycles. The van der Waals surface area contributed by atoms with Crippen LogP contribution in [0.1, 0.15) is 0 Å². The Balaban J connectivity index is -0.0000000379. The molecule has 0 atom stereocenters. The van der Waals surface area contributed by atoms with Crippen LogP contribution in [0.3, 0.4) is 0 Å². The summed E-state index contributed by atoms with van der Waals surface area (Å²) in [4.78, 5) is 0. The first-order chi connectivity index (χ1) is 12.9. The zero-order valence-corrected chi connectivity index (χ0v) is 19.3. The third-order valence-electron chi connectivity index (χ3n) is 2.41. The third kappa shape index (κ3) is 22.6. The van der Waals surface area contributed by atoms with Crippen molar-refractivity contribution >= 4 is 0 Å². The zero-order valence-electron chi connectivity index (χ0n) is 14.0. The van der Waals surface area contributed by atoms with E-state index in [0.717, 1.165) is 0 Å². The predicted molar refractivity (Wildman–Crippen MR) is 74.9 cm³/mol. The molecule has 0 aromatic rings. The standard InChI is InChI=1S/C12H8.7CO.3Ru/c1-3-9-4-2-6-11-8-7-10(5-1)12(9)11;7*1-2;;;/h1-8H;;;;;;;;;;/q;;;;;;;;3*+2. The maximum Gasteiger partial charge on any atom is 2.00 e. The van der Waals surface area contributed by atoms with Gasteiger partial charge in [-0.1, -0.05) is 0 Å². The molecule has 0 aromatic carbocycles. The molecule has 7 nitrogen and oxygen atoms in total. The number of hydrogen-bond acceptors (Lipinski definition) is 0. The molecule has 3 saturated carbocycles. The Labute approximate surface area is 211 Å². The van der Waals surface area contributed by atoms with Gasteiger partial charge in [-0.05, 0) is 75.0 Å². The first-order valence-corrected chi connectivity index (χ1v) is 5.58. The second-order valence-electron chi connectivity index (χ2n) is 3.13. The first kappa shape index (κ1) is 51.6. The molecule has 0 N–H and O–H groups in total. The number of hydrogen-bond donors (Lipinski definition) is 0. The van der Waals surface area contributed by atoms with Gasteiger partial charge in [-0.25, -0.2) is 0 Å². The van der Waals surface area contributed by atoms with Crippen LogP contribution in [0.5, 0.6) is 0 Å². The summed E-state index contributed by atoms with van der Waals surface area (Å²) < 4.78 is 52.5. The summed E-state index contributed by atoms with van der Waals surface area (Å²) in [6.07, 6.45) is 17.2. The summed E-state index contributed by atoms with van der Waals surface area (Å²) in [5.41, 5.74) is 0. The summed E-state index contributed by atoms with van der Waals surface area (Å²) in [5, 5.41) is 0. The van der Waals surface area contributed by atoms with Crippen molar-refractivity contribution in [3.05, 3.63) is 122 Å². The van der Waals surface area contributed by atoms with Crippen LogP contribution in [-0.2, 0) is 91.0 Å². The molecule has 144 valence electrons. The molecular weight excluding hydrogens is 643 g/mol. The van der Waals surface area contributed by atoms with Crippen molar-refractivity contribution in [2.75, 3.05) is 0 Å². The Kier molecular flexibility index (Phi) is 90.8. The van der Waals surface area contributed by atoms with E-state index in [2.05, 4.69) is 97.9 Å². The average Bonchev–Trinajstić information content (AvgIpc) is 3.23. The van der Waals surface area contributed by atoms with Crippen LogP contribution < -0.4 is 0 Å². The molecule has 0 amide bonds. The third-order valence-corrected chi connectivity index (χ3v) is 2.41. The van der Waals surface area contributed by atoms with Gasteiger partial charge in [0.15, 0.2) is 0 Å². The van der Waals surface area contributed by atoms with Gasteiger partial charge in [0.05, 0.1) is 0 Å². The summed E-state index contributed by atoms with van der Waals surface area (Å²) in [6.45, 7) is 31.5. The molecule has 0 aliphatic heterocycles. The van der Waals surface area contributed by atoms with Crippen molar-refractivity contribution in [1.29, 1.82) is 0 Å². The van der Waals surface area contributed by atoms with Gasteiger partial charge in [0, 0.05) is 0 Å². The van der Waals surface area contributed by atoms with Gasteiger partial charge in [0.1, 0.15) is 0 Å². The predicted octanol–water partition coefficient (Wildman–Crippen LogP) is 1.69. The maximum absolute atomic E-state index is 7.50. The maximum atomic E-state index is 7.50. The van der Waals surface area contributed by atoms with Crippen molar-refractivity contribution in [1.82, 2.24) is 0 Å². The van der Waals surface area contributed by atoms with Crippen LogP contribution in [0, 0.1) is 122 Å². The minimum atomic E-state index is 0. The van der Waals surface area contributed by atoms with Gasteiger partial charge in [-0.2, -0.15) is 0 Å². The Morgan fingerprint density at radius 1 is 0.345 bits per heavy atom. The van der Waals surface area contributed by atoms with Gasteiger partial charge in [0.2, 0.25) is 0 Å². The zero-order chi connectivity index (χ0) is 22.0. The summed E-state index contributed by atoms with van der Waals surface area (Å²) in [7, 11) is 0. The molecule has 3 aliphatic rings. The van der Waals surface area contributed by atoms with Crippen molar-refractivity contribution in [2.45, 2.75) is 0 Å². The molecule has 0 spiro atoms. The van der Waals surface area contributed by atoms with E-state index in [1.165, 1.54) is 23.7 Å². The second-order valence-corrected chi connectivity index (χ2v) is 3.13. The van der Waals surface area contributed by atoms with Crippen LogP contribution in [0.2, 0.25) is 0 Å². The molecule has 0 bridgehead atoms. The molecule has 12 radical (unpaired) electrons. The first-order valence-electron chi connectivity index (χ1n) is 5.58. The largest absolute Gasteiger partial charge is 2.00 e. The quantitative estimate of drug-likeness (QED) is 0.214.